The van der Waals surface area contributed by atoms with Gasteiger partial charge in [-0.1, -0.05) is 11.8 Å². The van der Waals surface area contributed by atoms with E-state index in [2.05, 4.69) is 28.8 Å². The lowest BCUT2D eigenvalue weighted by atomic mass is 10.1. The quantitative estimate of drug-likeness (QED) is 0.743. The lowest BCUT2D eigenvalue weighted by Gasteiger charge is -2.38. The molecule has 106 valence electrons. The maximum atomic E-state index is 12.6. The summed E-state index contributed by atoms with van der Waals surface area (Å²) in [5, 5.41) is 8.78. The van der Waals surface area contributed by atoms with Gasteiger partial charge in [-0.15, -0.1) is 0 Å². The fourth-order valence-corrected chi connectivity index (χ4v) is 2.39. The molecule has 20 heavy (non-hydrogen) atoms. The lowest BCUT2D eigenvalue weighted by molar-refractivity contribution is 0.0527. The highest BCUT2D eigenvalue weighted by Gasteiger charge is 2.28. The predicted octanol–water partition coefficient (Wildman–Crippen LogP) is 0.201. The minimum Gasteiger partial charge on any atom is -0.384 e. The fourth-order valence-electron chi connectivity index (χ4n) is 2.39. The second kappa shape index (κ2) is 6.51. The van der Waals surface area contributed by atoms with Crippen molar-refractivity contribution >= 4 is 5.91 Å². The average molecular weight is 273 g/mol. The number of hydrogen-bond acceptors (Lipinski definition) is 4. The van der Waals surface area contributed by atoms with Gasteiger partial charge in [0.05, 0.1) is 5.56 Å². The Morgan fingerprint density at radius 2 is 2.35 bits per heavy atom. The van der Waals surface area contributed by atoms with E-state index < -0.39 is 0 Å². The van der Waals surface area contributed by atoms with E-state index in [9.17, 15) is 4.79 Å². The van der Waals surface area contributed by atoms with Gasteiger partial charge >= 0.3 is 0 Å². The Bertz CT molecular complexity index is 548. The number of aromatic nitrogens is 1. The Morgan fingerprint density at radius 1 is 1.55 bits per heavy atom. The zero-order chi connectivity index (χ0) is 14.5. The highest BCUT2D eigenvalue weighted by molar-refractivity contribution is 5.95. The van der Waals surface area contributed by atoms with Crippen molar-refractivity contribution in [3.63, 3.8) is 0 Å². The molecule has 2 rings (SSSR count). The first-order valence-corrected chi connectivity index (χ1v) is 6.67. The van der Waals surface area contributed by atoms with Crippen molar-refractivity contribution in [3.8, 4) is 11.8 Å². The van der Waals surface area contributed by atoms with Gasteiger partial charge in [0.2, 0.25) is 0 Å². The number of aliphatic hydroxyl groups excluding tert-OH is 1. The van der Waals surface area contributed by atoms with Gasteiger partial charge in [-0.05, 0) is 26.1 Å². The van der Waals surface area contributed by atoms with Gasteiger partial charge in [0.25, 0.3) is 5.91 Å². The highest BCUT2D eigenvalue weighted by atomic mass is 16.2. The number of piperazine rings is 1. The summed E-state index contributed by atoms with van der Waals surface area (Å²) in [7, 11) is 2.05. The lowest BCUT2D eigenvalue weighted by Crippen LogP contribution is -2.53. The van der Waals surface area contributed by atoms with E-state index in [0.717, 1.165) is 13.1 Å². The molecule has 1 unspecified atom stereocenters. The summed E-state index contributed by atoms with van der Waals surface area (Å²) in [6.07, 6.45) is 1.60. The number of hydrogen-bond donors (Lipinski definition) is 1. The molecule has 0 aliphatic carbocycles. The van der Waals surface area contributed by atoms with Gasteiger partial charge in [-0.3, -0.25) is 4.79 Å². The summed E-state index contributed by atoms with van der Waals surface area (Å²) in [4.78, 5) is 20.8. The summed E-state index contributed by atoms with van der Waals surface area (Å²) in [5.74, 6) is 5.26. The molecule has 1 saturated heterocycles. The zero-order valence-electron chi connectivity index (χ0n) is 11.8. The summed E-state index contributed by atoms with van der Waals surface area (Å²) < 4.78 is 0. The first-order chi connectivity index (χ1) is 9.63. The third-order valence-corrected chi connectivity index (χ3v) is 3.40. The van der Waals surface area contributed by atoms with E-state index in [1.807, 2.05) is 11.8 Å². The van der Waals surface area contributed by atoms with E-state index in [4.69, 9.17) is 5.11 Å². The minimum atomic E-state index is -0.229. The van der Waals surface area contributed by atoms with Crippen molar-refractivity contribution in [2.24, 2.45) is 0 Å². The number of rotatable bonds is 1. The summed E-state index contributed by atoms with van der Waals surface area (Å²) >= 11 is 0. The van der Waals surface area contributed by atoms with E-state index in [1.54, 1.807) is 18.3 Å². The molecule has 1 fully saturated rings. The van der Waals surface area contributed by atoms with Crippen LogP contribution in [0.3, 0.4) is 0 Å². The molecule has 5 nitrogen and oxygen atoms in total. The standard InChI is InChI=1S/C15H19N3O2/c1-12-11-17(2)8-9-18(12)15(20)14-13(6-4-10-19)5-3-7-16-14/h3,5,7,12,19H,8-11H2,1-2H3. The Labute approximate surface area is 119 Å². The Balaban J connectivity index is 2.25. The number of amides is 1. The van der Waals surface area contributed by atoms with E-state index in [0.29, 0.717) is 17.8 Å². The van der Waals surface area contributed by atoms with E-state index in [-0.39, 0.29) is 18.6 Å². The fraction of sp³-hybridized carbons (Fsp3) is 0.467. The first kappa shape index (κ1) is 14.5. The third-order valence-electron chi connectivity index (χ3n) is 3.40. The molecule has 0 aromatic carbocycles. The highest BCUT2D eigenvalue weighted by Crippen LogP contribution is 2.14. The molecule has 5 heteroatoms. The molecule has 0 spiro atoms. The van der Waals surface area contributed by atoms with Gasteiger partial charge < -0.3 is 14.9 Å². The van der Waals surface area contributed by atoms with Gasteiger partial charge in [-0.2, -0.15) is 0 Å². The number of likely N-dealkylation sites (N-methyl/N-ethyl adjacent to an activating group) is 1. The van der Waals surface area contributed by atoms with Gasteiger partial charge in [0, 0.05) is 31.9 Å². The average Bonchev–Trinajstić information content (AvgIpc) is 2.45. The molecule has 1 N–H and O–H groups in total. The molecule has 1 aliphatic rings. The molecule has 0 bridgehead atoms. The number of nitrogens with zero attached hydrogens (tertiary/aromatic N) is 3. The van der Waals surface area contributed by atoms with Crippen molar-refractivity contribution in [2.45, 2.75) is 13.0 Å². The van der Waals surface area contributed by atoms with E-state index >= 15 is 0 Å². The molecule has 0 saturated carbocycles. The Morgan fingerprint density at radius 3 is 3.05 bits per heavy atom. The van der Waals surface area contributed by atoms with Crippen molar-refractivity contribution in [3.05, 3.63) is 29.6 Å². The van der Waals surface area contributed by atoms with Crippen molar-refractivity contribution < 1.29 is 9.90 Å². The molecule has 1 aliphatic heterocycles. The van der Waals surface area contributed by atoms with Crippen LogP contribution in [0.5, 0.6) is 0 Å². The summed E-state index contributed by atoms with van der Waals surface area (Å²) in [6, 6.07) is 3.65. The number of carbonyl (C=O) groups is 1. The van der Waals surface area contributed by atoms with E-state index in [1.165, 1.54) is 0 Å². The molecule has 1 aromatic rings. The van der Waals surface area contributed by atoms with Gasteiger partial charge in [0.1, 0.15) is 12.3 Å². The largest absolute Gasteiger partial charge is 0.384 e. The van der Waals surface area contributed by atoms with Crippen LogP contribution < -0.4 is 0 Å². The number of aliphatic hydroxyl groups is 1. The topological polar surface area (TPSA) is 56.7 Å². The number of pyridine rings is 1. The Hall–Kier alpha value is -1.90. The van der Waals surface area contributed by atoms with Crippen LogP contribution in [0.1, 0.15) is 23.0 Å². The van der Waals surface area contributed by atoms with Crippen LogP contribution in [0.2, 0.25) is 0 Å². The second-order valence-electron chi connectivity index (χ2n) is 4.97. The maximum Gasteiger partial charge on any atom is 0.274 e. The third kappa shape index (κ3) is 3.16. The van der Waals surface area contributed by atoms with Crippen LogP contribution in [-0.2, 0) is 0 Å². The summed E-state index contributed by atoms with van der Waals surface area (Å²) in [6.45, 7) is 4.22. The normalized spacial score (nSPS) is 19.4. The van der Waals surface area contributed by atoms with Crippen LogP contribution in [0.4, 0.5) is 0 Å². The monoisotopic (exact) mass is 273 g/mol. The molecular formula is C15H19N3O2. The molecule has 1 amide bonds. The first-order valence-electron chi connectivity index (χ1n) is 6.67. The van der Waals surface area contributed by atoms with Crippen LogP contribution in [0.15, 0.2) is 18.3 Å². The smallest absolute Gasteiger partial charge is 0.274 e. The van der Waals surface area contributed by atoms with Crippen LogP contribution in [-0.4, -0.2) is 65.1 Å². The minimum absolute atomic E-state index is 0.0894. The SMILES string of the molecule is CC1CN(C)CCN1C(=O)c1ncccc1C#CCO. The number of carbonyl (C=O) groups excluding carboxylic acids is 1. The summed E-state index contributed by atoms with van der Waals surface area (Å²) in [5.41, 5.74) is 0.933. The maximum absolute atomic E-state index is 12.6. The van der Waals surface area contributed by atoms with Crippen LogP contribution in [0.25, 0.3) is 0 Å². The second-order valence-corrected chi connectivity index (χ2v) is 4.97. The molecule has 2 heterocycles. The van der Waals surface area contributed by atoms with Crippen LogP contribution >= 0.6 is 0 Å². The molecule has 0 radical (unpaired) electrons. The molecule has 1 atom stereocenters. The van der Waals surface area contributed by atoms with Gasteiger partial charge in [0.15, 0.2) is 0 Å². The van der Waals surface area contributed by atoms with Crippen molar-refractivity contribution in [1.29, 1.82) is 0 Å². The molecular weight excluding hydrogens is 254 g/mol. The predicted molar refractivity (Wildman–Crippen MR) is 76.2 cm³/mol. The van der Waals surface area contributed by atoms with Crippen LogP contribution in [0, 0.1) is 11.8 Å². The molecule has 1 aromatic heterocycles. The van der Waals surface area contributed by atoms with Crippen molar-refractivity contribution in [1.82, 2.24) is 14.8 Å². The van der Waals surface area contributed by atoms with Crippen molar-refractivity contribution in [2.75, 3.05) is 33.3 Å². The zero-order valence-corrected chi connectivity index (χ0v) is 11.8. The Kier molecular flexibility index (Phi) is 4.72. The van der Waals surface area contributed by atoms with Gasteiger partial charge in [-0.25, -0.2) is 4.98 Å².